The second-order valence-corrected chi connectivity index (χ2v) is 4.68. The molecule has 8 nitrogen and oxygen atoms in total. The Bertz CT molecular complexity index is 177. The molecule has 124 valence electrons. The molecular formula is C12H30N2O6. The van der Waals surface area contributed by atoms with Gasteiger partial charge in [-0.3, -0.25) is 0 Å². The number of hydrogen-bond donors (Lipinski definition) is 6. The van der Waals surface area contributed by atoms with Gasteiger partial charge in [0.2, 0.25) is 0 Å². The number of hydrogen-bond acceptors (Lipinski definition) is 8. The lowest BCUT2D eigenvalue weighted by Crippen LogP contribution is -2.33. The summed E-state index contributed by atoms with van der Waals surface area (Å²) in [6.07, 6.45) is 0.0108. The first-order chi connectivity index (χ1) is 9.33. The van der Waals surface area contributed by atoms with Crippen molar-refractivity contribution in [3.8, 4) is 0 Å². The van der Waals surface area contributed by atoms with Crippen molar-refractivity contribution in [3.05, 3.63) is 0 Å². The monoisotopic (exact) mass is 298 g/mol. The van der Waals surface area contributed by atoms with E-state index in [9.17, 15) is 0 Å². The van der Waals surface area contributed by atoms with Gasteiger partial charge in [0.1, 0.15) is 0 Å². The van der Waals surface area contributed by atoms with Crippen LogP contribution in [0.2, 0.25) is 0 Å². The predicted molar refractivity (Wildman–Crippen MR) is 73.5 cm³/mol. The van der Waals surface area contributed by atoms with Crippen LogP contribution in [0.3, 0.4) is 0 Å². The molecule has 0 bridgehead atoms. The first kappa shape index (κ1) is 22.0. The molecule has 0 heterocycles. The summed E-state index contributed by atoms with van der Waals surface area (Å²) in [4.78, 5) is 0. The number of hydroxylamine groups is 4. The summed E-state index contributed by atoms with van der Waals surface area (Å²) in [5.41, 5.74) is 0. The van der Waals surface area contributed by atoms with Gasteiger partial charge in [0.15, 0.2) is 0 Å². The lowest BCUT2D eigenvalue weighted by Gasteiger charge is -2.17. The summed E-state index contributed by atoms with van der Waals surface area (Å²) in [5.74, 6) is 0. The SMILES string of the molecule is CC(O)CN(O)CC(C)O.OCCCN(O)CCCO. The van der Waals surface area contributed by atoms with Gasteiger partial charge in [-0.05, 0) is 26.7 Å². The summed E-state index contributed by atoms with van der Waals surface area (Å²) < 4.78 is 0. The van der Waals surface area contributed by atoms with Crippen molar-refractivity contribution in [1.29, 1.82) is 0 Å². The van der Waals surface area contributed by atoms with E-state index in [1.54, 1.807) is 13.8 Å². The highest BCUT2D eigenvalue weighted by atomic mass is 16.5. The fraction of sp³-hybridized carbons (Fsp3) is 1.00. The van der Waals surface area contributed by atoms with Crippen molar-refractivity contribution in [2.75, 3.05) is 39.4 Å². The Labute approximate surface area is 120 Å². The minimum Gasteiger partial charge on any atom is -0.396 e. The zero-order chi connectivity index (χ0) is 16.0. The molecule has 0 fully saturated rings. The summed E-state index contributed by atoms with van der Waals surface area (Å²) >= 11 is 0. The summed E-state index contributed by atoms with van der Waals surface area (Å²) in [5, 5.41) is 54.0. The predicted octanol–water partition coefficient (Wildman–Crippen LogP) is -1.12. The molecule has 0 amide bonds. The molecule has 0 aliphatic carbocycles. The van der Waals surface area contributed by atoms with Crippen molar-refractivity contribution in [2.45, 2.75) is 38.9 Å². The van der Waals surface area contributed by atoms with Crippen molar-refractivity contribution < 1.29 is 30.8 Å². The van der Waals surface area contributed by atoms with Crippen LogP contribution >= 0.6 is 0 Å². The first-order valence-corrected chi connectivity index (χ1v) is 6.78. The van der Waals surface area contributed by atoms with Gasteiger partial charge in [0, 0.05) is 39.4 Å². The zero-order valence-electron chi connectivity index (χ0n) is 12.4. The van der Waals surface area contributed by atoms with E-state index in [1.165, 1.54) is 0 Å². The van der Waals surface area contributed by atoms with Crippen LogP contribution < -0.4 is 0 Å². The Morgan fingerprint density at radius 2 is 1.10 bits per heavy atom. The van der Waals surface area contributed by atoms with Crippen molar-refractivity contribution in [3.63, 3.8) is 0 Å². The zero-order valence-corrected chi connectivity index (χ0v) is 12.4. The van der Waals surface area contributed by atoms with Crippen LogP contribution in [-0.4, -0.2) is 92.6 Å². The molecule has 0 aromatic rings. The van der Waals surface area contributed by atoms with Gasteiger partial charge in [-0.2, -0.15) is 10.1 Å². The standard InChI is InChI=1S/2C6H15NO3/c1-5(8)3-7(10)4-6(2)9;8-5-1-3-7(10)4-2-6-9/h5-6,8-10H,3-4H2,1-2H3;8-10H,1-6H2. The van der Waals surface area contributed by atoms with E-state index in [-0.39, 0.29) is 26.3 Å². The molecule has 0 aliphatic rings. The van der Waals surface area contributed by atoms with E-state index in [2.05, 4.69) is 0 Å². The number of aliphatic hydroxyl groups excluding tert-OH is 4. The molecule has 0 aliphatic heterocycles. The van der Waals surface area contributed by atoms with E-state index in [1.807, 2.05) is 0 Å². The van der Waals surface area contributed by atoms with Crippen molar-refractivity contribution in [1.82, 2.24) is 10.1 Å². The maximum absolute atomic E-state index is 8.92. The molecule has 0 radical (unpaired) electrons. The molecule has 6 N–H and O–H groups in total. The first-order valence-electron chi connectivity index (χ1n) is 6.78. The molecular weight excluding hydrogens is 268 g/mol. The van der Waals surface area contributed by atoms with E-state index in [4.69, 9.17) is 30.8 Å². The molecule has 0 aromatic heterocycles. The summed E-state index contributed by atoms with van der Waals surface area (Å²) in [6.45, 7) is 4.62. The topological polar surface area (TPSA) is 128 Å². The van der Waals surface area contributed by atoms with Crippen LogP contribution in [-0.2, 0) is 0 Å². The van der Waals surface area contributed by atoms with E-state index < -0.39 is 12.2 Å². The third kappa shape index (κ3) is 20.0. The number of aliphatic hydroxyl groups is 4. The molecule has 2 atom stereocenters. The minimum absolute atomic E-state index is 0.0934. The molecule has 0 aromatic carbocycles. The fourth-order valence-corrected chi connectivity index (χ4v) is 1.30. The number of nitrogens with zero attached hydrogens (tertiary/aromatic N) is 2. The molecule has 20 heavy (non-hydrogen) atoms. The fourth-order valence-electron chi connectivity index (χ4n) is 1.30. The van der Waals surface area contributed by atoms with Gasteiger partial charge in [-0.15, -0.1) is 0 Å². The van der Waals surface area contributed by atoms with Gasteiger partial charge >= 0.3 is 0 Å². The largest absolute Gasteiger partial charge is 0.396 e. The van der Waals surface area contributed by atoms with Gasteiger partial charge in [-0.1, -0.05) is 0 Å². The average Bonchev–Trinajstić information content (AvgIpc) is 2.32. The van der Waals surface area contributed by atoms with Crippen molar-refractivity contribution in [2.24, 2.45) is 0 Å². The summed E-state index contributed by atoms with van der Waals surface area (Å²) in [7, 11) is 0. The van der Waals surface area contributed by atoms with Crippen LogP contribution in [0.1, 0.15) is 26.7 Å². The Morgan fingerprint density at radius 1 is 0.750 bits per heavy atom. The molecule has 8 heteroatoms. The maximum Gasteiger partial charge on any atom is 0.0662 e. The van der Waals surface area contributed by atoms with Gasteiger partial charge < -0.3 is 30.8 Å². The van der Waals surface area contributed by atoms with Crippen LogP contribution in [0.4, 0.5) is 0 Å². The van der Waals surface area contributed by atoms with E-state index in [0.717, 1.165) is 10.1 Å². The highest BCUT2D eigenvalue weighted by molar-refractivity contribution is 4.54. The molecule has 2 unspecified atom stereocenters. The number of rotatable bonds is 10. The lowest BCUT2D eigenvalue weighted by atomic mass is 10.3. The van der Waals surface area contributed by atoms with Gasteiger partial charge in [-0.25, -0.2) is 0 Å². The van der Waals surface area contributed by atoms with Gasteiger partial charge in [0.25, 0.3) is 0 Å². The van der Waals surface area contributed by atoms with Crippen LogP contribution in [0.25, 0.3) is 0 Å². The van der Waals surface area contributed by atoms with E-state index >= 15 is 0 Å². The maximum atomic E-state index is 8.92. The van der Waals surface area contributed by atoms with Crippen LogP contribution in [0.15, 0.2) is 0 Å². The Morgan fingerprint density at radius 3 is 1.35 bits per heavy atom. The molecule has 0 spiro atoms. The second kappa shape index (κ2) is 15.1. The lowest BCUT2D eigenvalue weighted by molar-refractivity contribution is -0.127. The quantitative estimate of drug-likeness (QED) is 0.280. The minimum atomic E-state index is -0.566. The third-order valence-electron chi connectivity index (χ3n) is 2.10. The smallest absolute Gasteiger partial charge is 0.0662 e. The summed E-state index contributed by atoms with van der Waals surface area (Å²) in [6, 6.07) is 0. The van der Waals surface area contributed by atoms with Crippen LogP contribution in [0, 0.1) is 0 Å². The van der Waals surface area contributed by atoms with Crippen LogP contribution in [0.5, 0.6) is 0 Å². The highest BCUT2D eigenvalue weighted by Crippen LogP contribution is 1.90. The van der Waals surface area contributed by atoms with E-state index in [0.29, 0.717) is 25.9 Å². The van der Waals surface area contributed by atoms with Gasteiger partial charge in [0.05, 0.1) is 12.2 Å². The Balaban J connectivity index is 0. The average molecular weight is 298 g/mol. The Kier molecular flexibility index (Phi) is 16.6. The molecule has 0 rings (SSSR count). The van der Waals surface area contributed by atoms with Crippen molar-refractivity contribution >= 4 is 0 Å². The Hall–Kier alpha value is -0.320. The highest BCUT2D eigenvalue weighted by Gasteiger charge is 2.06. The normalized spacial score (nSPS) is 14.1. The second-order valence-electron chi connectivity index (χ2n) is 4.68. The third-order valence-corrected chi connectivity index (χ3v) is 2.10. The molecule has 0 saturated heterocycles. The molecule has 0 saturated carbocycles.